The van der Waals surface area contributed by atoms with Crippen molar-refractivity contribution in [1.29, 1.82) is 0 Å². The van der Waals surface area contributed by atoms with Gasteiger partial charge in [-0.15, -0.1) is 0 Å². The number of rotatable bonds is 0. The average molecular weight is 193 g/mol. The molecule has 1 aromatic rings. The van der Waals surface area contributed by atoms with Crippen molar-refractivity contribution in [2.24, 2.45) is 0 Å². The molecule has 0 aliphatic heterocycles. The summed E-state index contributed by atoms with van der Waals surface area (Å²) in [6, 6.07) is 2.22. The minimum atomic E-state index is -0.350. The van der Waals surface area contributed by atoms with Crippen molar-refractivity contribution < 1.29 is 27.8 Å². The summed E-state index contributed by atoms with van der Waals surface area (Å²) < 4.78 is 4.36. The van der Waals surface area contributed by atoms with E-state index in [1.807, 2.05) is 0 Å². The summed E-state index contributed by atoms with van der Waals surface area (Å²) in [6.45, 7) is 0. The molecule has 1 aromatic heterocycles. The van der Waals surface area contributed by atoms with Gasteiger partial charge in [0.05, 0.1) is 12.3 Å². The molecule has 0 radical (unpaired) electrons. The van der Waals surface area contributed by atoms with E-state index in [1.54, 1.807) is 0 Å². The zero-order valence-corrected chi connectivity index (χ0v) is 8.67. The van der Waals surface area contributed by atoms with Crippen LogP contribution in [-0.4, -0.2) is 5.11 Å². The molecule has 3 nitrogen and oxygen atoms in total. The van der Waals surface area contributed by atoms with Crippen LogP contribution in [0, 0.1) is 0 Å². The third-order valence-corrected chi connectivity index (χ3v) is 0.687. The van der Waals surface area contributed by atoms with E-state index in [2.05, 4.69) is 9.94 Å². The molecule has 0 bridgehead atoms. The zero-order valence-electron chi connectivity index (χ0n) is 5.70. The quantitative estimate of drug-likeness (QED) is 0.622. The van der Waals surface area contributed by atoms with Crippen LogP contribution in [0.4, 0.5) is 0 Å². The molecule has 1 rings (SSSR count). The first-order chi connectivity index (χ1) is 4.79. The molecule has 1 heterocycles. The predicted molar refractivity (Wildman–Crippen MR) is 32.5 cm³/mol. The fraction of sp³-hybridized carbons (Fsp3) is 0.167. The second-order valence-corrected chi connectivity index (χ2v) is 1.31. The summed E-state index contributed by atoms with van der Waals surface area (Å²) in [6.07, 6.45) is 1.14. The van der Waals surface area contributed by atoms with Crippen molar-refractivity contribution in [3.05, 3.63) is 28.6 Å². The molecule has 0 fully saturated rings. The van der Waals surface area contributed by atoms with E-state index in [9.17, 15) is 4.79 Å². The second kappa shape index (κ2) is 5.18. The molecule has 0 spiro atoms. The summed E-state index contributed by atoms with van der Waals surface area (Å²) in [5, 5.41) is 8.45. The summed E-state index contributed by atoms with van der Waals surface area (Å²) in [4.78, 5) is 10.3. The molecule has 0 aliphatic rings. The topological polar surface area (TPSA) is 50.4 Å². The van der Waals surface area contributed by atoms with Gasteiger partial charge < -0.3 is 9.52 Å². The van der Waals surface area contributed by atoms with Crippen LogP contribution >= 0.6 is 0 Å². The van der Waals surface area contributed by atoms with E-state index >= 15 is 0 Å². The Hall–Kier alpha value is -0.627. The maximum absolute atomic E-state index is 10.3. The second-order valence-electron chi connectivity index (χ2n) is 1.31. The van der Waals surface area contributed by atoms with Gasteiger partial charge in [-0.2, -0.15) is 0 Å². The average Bonchev–Trinajstić information content (AvgIpc) is 1.91. The molecular formula is C6H7O3Zn. The van der Waals surface area contributed by atoms with Gasteiger partial charge in [0.15, 0.2) is 5.43 Å². The van der Waals surface area contributed by atoms with Crippen LogP contribution in [0.5, 0.6) is 5.95 Å². The molecule has 4 heteroatoms. The normalized spacial score (nSPS) is 7.90. The Morgan fingerprint density at radius 3 is 2.50 bits per heavy atom. The standard InChI is InChI=1S/C5H4O3.CH3.Zn/c6-4-1-2-8-5(7)3-4;;/h1-3,7H;1H3;. The van der Waals surface area contributed by atoms with Crippen molar-refractivity contribution in [3.8, 4) is 5.95 Å². The first-order valence-corrected chi connectivity index (χ1v) is 5.74. The van der Waals surface area contributed by atoms with Crippen LogP contribution in [0.3, 0.4) is 0 Å². The monoisotopic (exact) mass is 191 g/mol. The molecule has 51 valence electrons. The van der Waals surface area contributed by atoms with Gasteiger partial charge in [-0.25, -0.2) is 0 Å². The predicted octanol–water partition coefficient (Wildman–Crippen LogP) is 0.927. The summed E-state index contributed by atoms with van der Waals surface area (Å²) >= 11 is 1.38. The van der Waals surface area contributed by atoms with Gasteiger partial charge in [0.25, 0.3) is 5.95 Å². The van der Waals surface area contributed by atoms with E-state index in [1.165, 1.54) is 24.4 Å². The Morgan fingerprint density at radius 1 is 1.60 bits per heavy atom. The van der Waals surface area contributed by atoms with Crippen LogP contribution in [0.2, 0.25) is 5.52 Å². The third-order valence-electron chi connectivity index (χ3n) is 0.687. The maximum atomic E-state index is 10.3. The van der Waals surface area contributed by atoms with Gasteiger partial charge in [-0.05, 0) is 0 Å². The van der Waals surface area contributed by atoms with E-state index < -0.39 is 0 Å². The molecule has 0 aromatic carbocycles. The third kappa shape index (κ3) is 3.41. The summed E-state index contributed by atoms with van der Waals surface area (Å²) in [5.41, 5.74) is 1.87. The van der Waals surface area contributed by atoms with Crippen molar-refractivity contribution in [2.75, 3.05) is 0 Å². The van der Waals surface area contributed by atoms with Crippen LogP contribution in [0.15, 0.2) is 27.6 Å². The van der Waals surface area contributed by atoms with Gasteiger partial charge in [0.2, 0.25) is 0 Å². The molecule has 0 amide bonds. The van der Waals surface area contributed by atoms with Crippen molar-refractivity contribution in [1.82, 2.24) is 0 Å². The number of hydrogen-bond donors (Lipinski definition) is 1. The molecule has 0 unspecified atom stereocenters. The molecule has 0 aliphatic carbocycles. The first-order valence-electron chi connectivity index (χ1n) is 2.77. The van der Waals surface area contributed by atoms with E-state index in [0.717, 1.165) is 12.3 Å². The van der Waals surface area contributed by atoms with E-state index in [4.69, 9.17) is 5.11 Å². The van der Waals surface area contributed by atoms with Gasteiger partial charge in [-0.3, -0.25) is 4.79 Å². The molecule has 1 N–H and O–H groups in total. The SMILES string of the molecule is O=c1ccoc(O)c1.[CH3][Zn]. The van der Waals surface area contributed by atoms with Crippen molar-refractivity contribution >= 4 is 0 Å². The van der Waals surface area contributed by atoms with Gasteiger partial charge in [-0.1, -0.05) is 0 Å². The number of hydrogen-bond acceptors (Lipinski definition) is 3. The Balaban J connectivity index is 0.000000371. The molecule has 0 saturated heterocycles. The summed E-state index contributed by atoms with van der Waals surface area (Å²) in [5.74, 6) is -0.350. The van der Waals surface area contributed by atoms with Gasteiger partial charge in [0, 0.05) is 6.07 Å². The van der Waals surface area contributed by atoms with Crippen LogP contribution in [-0.2, 0) is 18.3 Å². The number of aromatic hydroxyl groups is 1. The Morgan fingerprint density at radius 2 is 2.20 bits per heavy atom. The molecular weight excluding hydrogens is 185 g/mol. The van der Waals surface area contributed by atoms with E-state index in [-0.39, 0.29) is 11.4 Å². The first kappa shape index (κ1) is 9.37. The van der Waals surface area contributed by atoms with Crippen molar-refractivity contribution in [2.45, 2.75) is 5.52 Å². The van der Waals surface area contributed by atoms with Crippen molar-refractivity contribution in [3.63, 3.8) is 0 Å². The molecule has 0 atom stereocenters. The molecule has 10 heavy (non-hydrogen) atoms. The van der Waals surface area contributed by atoms with Gasteiger partial charge >= 0.3 is 23.8 Å². The molecule has 0 saturated carbocycles. The van der Waals surface area contributed by atoms with Crippen LogP contribution in [0.25, 0.3) is 0 Å². The van der Waals surface area contributed by atoms with Crippen LogP contribution in [0.1, 0.15) is 0 Å². The summed E-state index contributed by atoms with van der Waals surface area (Å²) in [7, 11) is 0. The van der Waals surface area contributed by atoms with E-state index in [0.29, 0.717) is 0 Å². The Labute approximate surface area is 68.4 Å². The minimum absolute atomic E-state index is 0.256. The van der Waals surface area contributed by atoms with Crippen LogP contribution < -0.4 is 5.43 Å². The van der Waals surface area contributed by atoms with Gasteiger partial charge in [0.1, 0.15) is 0 Å². The fourth-order valence-electron chi connectivity index (χ4n) is 0.375. The Bertz CT molecular complexity index is 230. The fourth-order valence-corrected chi connectivity index (χ4v) is 0.375. The Kier molecular flexibility index (Phi) is 4.86. The zero-order chi connectivity index (χ0) is 7.98.